The van der Waals surface area contributed by atoms with Gasteiger partial charge in [-0.1, -0.05) is 49.3 Å². The van der Waals surface area contributed by atoms with Crippen LogP contribution in [-0.4, -0.2) is 0 Å². The average Bonchev–Trinajstić information content (AvgIpc) is 2.61. The van der Waals surface area contributed by atoms with E-state index in [9.17, 15) is 0 Å². The molecule has 1 aliphatic carbocycles. The van der Waals surface area contributed by atoms with Crippen molar-refractivity contribution in [2.45, 2.75) is 19.8 Å². The zero-order valence-corrected chi connectivity index (χ0v) is 13.4. The summed E-state index contributed by atoms with van der Waals surface area (Å²) in [5, 5.41) is 0. The van der Waals surface area contributed by atoms with E-state index in [0.717, 1.165) is 0 Å². The van der Waals surface area contributed by atoms with Crippen LogP contribution in [-0.2, 0) is 15.0 Å². The molecule has 0 saturated carbocycles. The summed E-state index contributed by atoms with van der Waals surface area (Å²) in [5.74, 6) is 0. The third-order valence-corrected chi connectivity index (χ3v) is 2.22. The molecular weight excluding hydrogens is 352 g/mol. The zero-order valence-electron chi connectivity index (χ0n) is 8.63. The van der Waals surface area contributed by atoms with Crippen LogP contribution in [0.5, 0.6) is 0 Å². The molecule has 0 spiro atoms. The molecule has 0 heterocycles. The van der Waals surface area contributed by atoms with Crippen molar-refractivity contribution in [3.05, 3.63) is 47.4 Å². The molecule has 0 amide bonds. The van der Waals surface area contributed by atoms with Crippen LogP contribution in [0.25, 0.3) is 6.08 Å². The first-order valence-corrected chi connectivity index (χ1v) is 12.6. The van der Waals surface area contributed by atoms with Crippen molar-refractivity contribution < 1.29 is 15.0 Å². The van der Waals surface area contributed by atoms with Gasteiger partial charge in [-0.15, -0.1) is 0 Å². The second-order valence-electron chi connectivity index (χ2n) is 3.31. The Balaban J connectivity index is 0.000000337. The summed E-state index contributed by atoms with van der Waals surface area (Å²) in [5.41, 5.74) is 4.22. The first kappa shape index (κ1) is 13.7. The van der Waals surface area contributed by atoms with E-state index in [0.29, 0.717) is 0 Å². The van der Waals surface area contributed by atoms with E-state index in [1.165, 1.54) is 29.5 Å². The fourth-order valence-corrected chi connectivity index (χ4v) is 1.65. The van der Waals surface area contributed by atoms with Gasteiger partial charge in [0.15, 0.2) is 0 Å². The first-order chi connectivity index (χ1) is 7.31. The van der Waals surface area contributed by atoms with Gasteiger partial charge in [-0.05, 0) is 17.5 Å². The number of rotatable bonds is 2. The van der Waals surface area contributed by atoms with Crippen LogP contribution >= 0.6 is 26.3 Å². The van der Waals surface area contributed by atoms with Crippen LogP contribution in [0.2, 0.25) is 0 Å². The van der Waals surface area contributed by atoms with Crippen molar-refractivity contribution in [3.8, 4) is 0 Å². The summed E-state index contributed by atoms with van der Waals surface area (Å²) in [6.45, 7) is 2.22. The minimum atomic E-state index is 0.125. The van der Waals surface area contributed by atoms with Crippen LogP contribution in [0.15, 0.2) is 29.8 Å². The van der Waals surface area contributed by atoms with Gasteiger partial charge in [0.1, 0.15) is 0 Å². The monoisotopic (exact) mass is 363 g/mol. The molecule has 2 rings (SSSR count). The summed E-state index contributed by atoms with van der Waals surface area (Å²) in [7, 11) is 0. The third-order valence-electron chi connectivity index (χ3n) is 2.22. The Labute approximate surface area is 114 Å². The van der Waals surface area contributed by atoms with Crippen LogP contribution in [0.1, 0.15) is 30.9 Å². The predicted octanol–water partition coefficient (Wildman–Crippen LogP) is 5.12. The van der Waals surface area contributed by atoms with E-state index in [2.05, 4.69) is 70.0 Å². The van der Waals surface area contributed by atoms with Gasteiger partial charge < -0.3 is 0 Å². The van der Waals surface area contributed by atoms with Crippen molar-refractivity contribution in [3.63, 3.8) is 0 Å². The third kappa shape index (κ3) is 4.56. The van der Waals surface area contributed by atoms with Gasteiger partial charge in [0, 0.05) is 6.42 Å². The topological polar surface area (TPSA) is 0 Å². The Kier molecular flexibility index (Phi) is 7.15. The van der Waals surface area contributed by atoms with Crippen LogP contribution in [0.3, 0.4) is 0 Å². The van der Waals surface area contributed by atoms with Crippen LogP contribution in [0.4, 0.5) is 0 Å². The number of fused-ring (bicyclic) bond motifs is 1. The molecule has 1 aliphatic rings. The standard InChI is InChI=1S/C12H13.2BrH.Ti/c1-2-5-10-8-11-6-3-4-7-12(11)9-10;;;/h3-4,6-9H,2,5H2,1H3;2*1H;/q;;;+2/p-2. The van der Waals surface area contributed by atoms with Crippen LogP contribution < -0.4 is 0 Å². The quantitative estimate of drug-likeness (QED) is 0.638. The van der Waals surface area contributed by atoms with Crippen molar-refractivity contribution >= 4 is 32.4 Å². The predicted molar refractivity (Wildman–Crippen MR) is 70.6 cm³/mol. The molecule has 0 aromatic heterocycles. The van der Waals surface area contributed by atoms with Crippen LogP contribution in [0, 0.1) is 6.42 Å². The molecule has 0 nitrogen and oxygen atoms in total. The van der Waals surface area contributed by atoms with Gasteiger partial charge in [0.2, 0.25) is 0 Å². The Bertz CT molecular complexity index is 334. The second-order valence-corrected chi connectivity index (χ2v) is 11.2. The molecule has 0 aliphatic heterocycles. The molecule has 3 heteroatoms. The number of hydrogen-bond acceptors (Lipinski definition) is 0. The van der Waals surface area contributed by atoms with Crippen molar-refractivity contribution in [1.82, 2.24) is 0 Å². The first-order valence-electron chi connectivity index (χ1n) is 4.92. The molecule has 0 fully saturated rings. The van der Waals surface area contributed by atoms with Crippen molar-refractivity contribution in [2.24, 2.45) is 0 Å². The Morgan fingerprint density at radius 1 is 1.13 bits per heavy atom. The van der Waals surface area contributed by atoms with E-state index >= 15 is 0 Å². The van der Waals surface area contributed by atoms with E-state index in [-0.39, 0.29) is 15.0 Å². The van der Waals surface area contributed by atoms with Crippen molar-refractivity contribution in [2.75, 3.05) is 0 Å². The van der Waals surface area contributed by atoms with E-state index in [1.807, 2.05) is 0 Å². The zero-order chi connectivity index (χ0) is 11.1. The molecule has 0 bridgehead atoms. The van der Waals surface area contributed by atoms with Gasteiger partial charge in [-0.2, -0.15) is 0 Å². The molecule has 0 atom stereocenters. The Morgan fingerprint density at radius 2 is 1.73 bits per heavy atom. The van der Waals surface area contributed by atoms with Crippen molar-refractivity contribution in [1.29, 1.82) is 0 Å². The molecule has 0 unspecified atom stereocenters. The maximum absolute atomic E-state index is 3.19. The second kappa shape index (κ2) is 7.83. The minimum absolute atomic E-state index is 0.125. The summed E-state index contributed by atoms with van der Waals surface area (Å²) >= 11 is 6.50. The Morgan fingerprint density at radius 3 is 2.27 bits per heavy atom. The summed E-state index contributed by atoms with van der Waals surface area (Å²) < 4.78 is 0. The number of hydrogen-bond donors (Lipinski definition) is 0. The van der Waals surface area contributed by atoms with Gasteiger partial charge >= 0.3 is 41.3 Å². The molecule has 1 radical (unpaired) electrons. The summed E-state index contributed by atoms with van der Waals surface area (Å²) in [6, 6.07) is 8.54. The fourth-order valence-electron chi connectivity index (χ4n) is 1.65. The molecule has 0 N–H and O–H groups in total. The van der Waals surface area contributed by atoms with Gasteiger partial charge in [-0.25, -0.2) is 0 Å². The average molecular weight is 365 g/mol. The van der Waals surface area contributed by atoms with E-state index in [4.69, 9.17) is 0 Å². The molecule has 0 saturated heterocycles. The SMILES string of the molecule is CCCC1=Cc2ccccc2[CH]1.[Br][Ti][Br]. The number of allylic oxidation sites excluding steroid dienone is 1. The van der Waals surface area contributed by atoms with E-state index < -0.39 is 0 Å². The summed E-state index contributed by atoms with van der Waals surface area (Å²) in [6.07, 6.45) is 7.02. The molecule has 15 heavy (non-hydrogen) atoms. The molecule has 1 aromatic carbocycles. The summed E-state index contributed by atoms with van der Waals surface area (Å²) in [4.78, 5) is 0. The Hall–Kier alpha value is 0.634. The molecular formula is C12H13Br2Ti. The fraction of sp³-hybridized carbons (Fsp3) is 0.250. The normalized spacial score (nSPS) is 12.3. The molecule has 79 valence electrons. The van der Waals surface area contributed by atoms with Gasteiger partial charge in [-0.3, -0.25) is 0 Å². The van der Waals surface area contributed by atoms with E-state index in [1.54, 1.807) is 0 Å². The van der Waals surface area contributed by atoms with Gasteiger partial charge in [0.05, 0.1) is 0 Å². The molecule has 1 aromatic rings. The maximum atomic E-state index is 3.19. The number of halogens is 2. The van der Waals surface area contributed by atoms with Gasteiger partial charge in [0.25, 0.3) is 0 Å². The number of benzene rings is 1.